The Morgan fingerprint density at radius 2 is 1.71 bits per heavy atom. The molecular formula is C23H35N2O3+. The van der Waals surface area contributed by atoms with Crippen LogP contribution >= 0.6 is 0 Å². The molecule has 1 saturated carbocycles. The van der Waals surface area contributed by atoms with Crippen LogP contribution in [0.3, 0.4) is 0 Å². The molecule has 1 aliphatic carbocycles. The SMILES string of the molecule is CCOC(=O)c1cc(C)cc(C)c1NC(=O)C1([N+]2(CC)CCCCCC2)CC1. The highest BCUT2D eigenvalue weighted by Gasteiger charge is 2.64. The lowest BCUT2D eigenvalue weighted by atomic mass is 10.0. The zero-order valence-electron chi connectivity index (χ0n) is 17.9. The van der Waals surface area contributed by atoms with Crippen LogP contribution in [-0.2, 0) is 9.53 Å². The number of carbonyl (C=O) groups is 2. The molecule has 1 amide bonds. The topological polar surface area (TPSA) is 55.4 Å². The number of benzene rings is 1. The van der Waals surface area contributed by atoms with Gasteiger partial charge in [0.05, 0.1) is 37.5 Å². The summed E-state index contributed by atoms with van der Waals surface area (Å²) in [5.41, 5.74) is 2.64. The highest BCUT2D eigenvalue weighted by atomic mass is 16.5. The van der Waals surface area contributed by atoms with Crippen LogP contribution in [0.4, 0.5) is 5.69 Å². The summed E-state index contributed by atoms with van der Waals surface area (Å²) in [6.07, 6.45) is 6.79. The van der Waals surface area contributed by atoms with Crippen molar-refractivity contribution in [3.63, 3.8) is 0 Å². The minimum absolute atomic E-state index is 0.0775. The molecule has 5 nitrogen and oxygen atoms in total. The number of esters is 1. The van der Waals surface area contributed by atoms with E-state index in [1.165, 1.54) is 25.7 Å². The molecule has 1 aromatic rings. The molecule has 5 heteroatoms. The fourth-order valence-electron chi connectivity index (χ4n) is 5.11. The van der Waals surface area contributed by atoms with Crippen molar-refractivity contribution in [2.24, 2.45) is 0 Å². The summed E-state index contributed by atoms with van der Waals surface area (Å²) in [6.45, 7) is 11.4. The lowest BCUT2D eigenvalue weighted by Crippen LogP contribution is -2.62. The molecule has 1 N–H and O–H groups in total. The number of nitrogens with zero attached hydrogens (tertiary/aromatic N) is 1. The predicted molar refractivity (Wildman–Crippen MR) is 111 cm³/mol. The second-order valence-corrected chi connectivity index (χ2v) is 8.53. The molecule has 0 bridgehead atoms. The Morgan fingerprint density at radius 3 is 2.25 bits per heavy atom. The second kappa shape index (κ2) is 8.24. The number of ether oxygens (including phenoxy) is 1. The molecule has 0 atom stereocenters. The first kappa shape index (κ1) is 20.8. The predicted octanol–water partition coefficient (Wildman–Crippen LogP) is 4.36. The van der Waals surface area contributed by atoms with Crippen molar-refractivity contribution >= 4 is 17.6 Å². The zero-order valence-corrected chi connectivity index (χ0v) is 17.9. The van der Waals surface area contributed by atoms with Gasteiger partial charge in [-0.3, -0.25) is 4.79 Å². The van der Waals surface area contributed by atoms with Crippen LogP contribution in [-0.4, -0.2) is 48.1 Å². The van der Waals surface area contributed by atoms with Crippen molar-refractivity contribution in [3.8, 4) is 0 Å². The van der Waals surface area contributed by atoms with E-state index in [-0.39, 0.29) is 17.4 Å². The van der Waals surface area contributed by atoms with Gasteiger partial charge >= 0.3 is 5.97 Å². The van der Waals surface area contributed by atoms with Crippen LogP contribution < -0.4 is 5.32 Å². The first-order chi connectivity index (χ1) is 13.4. The van der Waals surface area contributed by atoms with E-state index in [0.29, 0.717) is 17.9 Å². The van der Waals surface area contributed by atoms with Gasteiger partial charge in [-0.1, -0.05) is 6.07 Å². The molecule has 3 rings (SSSR count). The van der Waals surface area contributed by atoms with E-state index >= 15 is 0 Å². The van der Waals surface area contributed by atoms with Crippen molar-refractivity contribution in [2.45, 2.75) is 71.8 Å². The molecule has 0 spiro atoms. The van der Waals surface area contributed by atoms with Gasteiger partial charge in [0, 0.05) is 12.8 Å². The number of hydrogen-bond acceptors (Lipinski definition) is 3. The monoisotopic (exact) mass is 387 g/mol. The summed E-state index contributed by atoms with van der Waals surface area (Å²) in [5.74, 6) is -0.294. The first-order valence-corrected chi connectivity index (χ1v) is 10.8. The number of likely N-dealkylation sites (N-methyl/N-ethyl adjacent to an activating group) is 1. The van der Waals surface area contributed by atoms with E-state index in [4.69, 9.17) is 4.74 Å². The largest absolute Gasteiger partial charge is 0.462 e. The van der Waals surface area contributed by atoms with Crippen molar-refractivity contribution in [1.29, 1.82) is 0 Å². The maximum absolute atomic E-state index is 13.6. The number of amides is 1. The Labute approximate surface area is 169 Å². The molecule has 1 heterocycles. The smallest absolute Gasteiger partial charge is 0.340 e. The lowest BCUT2D eigenvalue weighted by Gasteiger charge is -2.43. The Bertz CT molecular complexity index is 744. The molecule has 1 aromatic carbocycles. The third kappa shape index (κ3) is 3.69. The Hall–Kier alpha value is -1.88. The number of likely N-dealkylation sites (tertiary alicyclic amines) is 1. The van der Waals surface area contributed by atoms with E-state index in [0.717, 1.165) is 48.1 Å². The summed E-state index contributed by atoms with van der Waals surface area (Å²) in [7, 11) is 0. The van der Waals surface area contributed by atoms with Gasteiger partial charge in [0.25, 0.3) is 5.91 Å². The molecule has 2 aliphatic rings. The van der Waals surface area contributed by atoms with Gasteiger partial charge in [0.1, 0.15) is 0 Å². The van der Waals surface area contributed by atoms with E-state index in [9.17, 15) is 9.59 Å². The molecule has 0 aromatic heterocycles. The Balaban J connectivity index is 1.91. The van der Waals surface area contributed by atoms with Crippen molar-refractivity contribution in [3.05, 3.63) is 28.8 Å². The van der Waals surface area contributed by atoms with E-state index in [1.807, 2.05) is 26.0 Å². The third-order valence-corrected chi connectivity index (χ3v) is 6.80. The van der Waals surface area contributed by atoms with Gasteiger partial charge in [-0.15, -0.1) is 0 Å². The quantitative estimate of drug-likeness (QED) is 0.583. The van der Waals surface area contributed by atoms with Crippen molar-refractivity contribution in [1.82, 2.24) is 0 Å². The normalized spacial score (nSPS) is 20.1. The van der Waals surface area contributed by atoms with E-state index < -0.39 is 0 Å². The van der Waals surface area contributed by atoms with Crippen LogP contribution in [0.25, 0.3) is 0 Å². The number of aryl methyl sites for hydroxylation is 2. The summed E-state index contributed by atoms with van der Waals surface area (Å²) in [6, 6.07) is 3.82. The van der Waals surface area contributed by atoms with Crippen LogP contribution in [0.2, 0.25) is 0 Å². The average molecular weight is 388 g/mol. The number of carbonyl (C=O) groups excluding carboxylic acids is 2. The van der Waals surface area contributed by atoms with E-state index in [1.54, 1.807) is 6.92 Å². The lowest BCUT2D eigenvalue weighted by molar-refractivity contribution is -0.950. The fraction of sp³-hybridized carbons (Fsp3) is 0.652. The number of rotatable bonds is 6. The molecular weight excluding hydrogens is 352 g/mol. The maximum atomic E-state index is 13.6. The van der Waals surface area contributed by atoms with Crippen molar-refractivity contribution < 1.29 is 18.8 Å². The summed E-state index contributed by atoms with van der Waals surface area (Å²) >= 11 is 0. The van der Waals surface area contributed by atoms with E-state index in [2.05, 4.69) is 12.2 Å². The van der Waals surface area contributed by atoms with Gasteiger partial charge in [-0.25, -0.2) is 4.79 Å². The van der Waals surface area contributed by atoms with Crippen LogP contribution in [0.5, 0.6) is 0 Å². The minimum Gasteiger partial charge on any atom is -0.462 e. The van der Waals surface area contributed by atoms with Gasteiger partial charge in [-0.05, 0) is 70.6 Å². The van der Waals surface area contributed by atoms with Gasteiger partial charge in [0.15, 0.2) is 5.54 Å². The van der Waals surface area contributed by atoms with Crippen LogP contribution in [0, 0.1) is 13.8 Å². The second-order valence-electron chi connectivity index (χ2n) is 8.53. The number of hydrogen-bond donors (Lipinski definition) is 1. The van der Waals surface area contributed by atoms with Gasteiger partial charge < -0.3 is 14.5 Å². The maximum Gasteiger partial charge on any atom is 0.340 e. The molecule has 1 saturated heterocycles. The third-order valence-electron chi connectivity index (χ3n) is 6.80. The van der Waals surface area contributed by atoms with Crippen LogP contribution in [0.1, 0.15) is 73.9 Å². The summed E-state index contributed by atoms with van der Waals surface area (Å²) in [5, 5.41) is 3.17. The van der Waals surface area contributed by atoms with Crippen molar-refractivity contribution in [2.75, 3.05) is 31.6 Å². The highest BCUT2D eigenvalue weighted by molar-refractivity contribution is 6.05. The molecule has 0 radical (unpaired) electrons. The Kier molecular flexibility index (Phi) is 6.13. The molecule has 28 heavy (non-hydrogen) atoms. The highest BCUT2D eigenvalue weighted by Crippen LogP contribution is 2.49. The van der Waals surface area contributed by atoms with Gasteiger partial charge in [-0.2, -0.15) is 0 Å². The number of nitrogens with one attached hydrogen (secondary N) is 1. The molecule has 2 fully saturated rings. The number of anilines is 1. The molecule has 0 unspecified atom stereocenters. The molecule has 1 aliphatic heterocycles. The summed E-state index contributed by atoms with van der Waals surface area (Å²) < 4.78 is 6.14. The summed E-state index contributed by atoms with van der Waals surface area (Å²) in [4.78, 5) is 26.1. The Morgan fingerprint density at radius 1 is 1.07 bits per heavy atom. The average Bonchev–Trinajstić information content (AvgIpc) is 3.48. The minimum atomic E-state index is -0.372. The first-order valence-electron chi connectivity index (χ1n) is 10.8. The number of quaternary nitrogens is 1. The standard InChI is InChI=1S/C23H34N2O3/c1-5-25(13-9-7-8-10-14-25)23(11-12-23)22(27)24-20-18(4)15-17(3)16-19(20)21(26)28-6-2/h15-16H,5-14H2,1-4H3/p+1. The fourth-order valence-corrected chi connectivity index (χ4v) is 5.11. The van der Waals surface area contributed by atoms with Gasteiger partial charge in [0.2, 0.25) is 0 Å². The molecule has 154 valence electrons. The zero-order chi connectivity index (χ0) is 20.4. The van der Waals surface area contributed by atoms with Crippen LogP contribution in [0.15, 0.2) is 12.1 Å².